The maximum atomic E-state index is 12.1. The molecule has 3 rings (SSSR count). The van der Waals surface area contributed by atoms with E-state index >= 15 is 0 Å². The highest BCUT2D eigenvalue weighted by atomic mass is 32.2. The molecule has 0 fully saturated rings. The third-order valence-corrected chi connectivity index (χ3v) is 4.57. The van der Waals surface area contributed by atoms with Crippen LogP contribution in [0.25, 0.3) is 11.4 Å². The number of carbonyl (C=O) groups is 1. The number of thioether (sulfide) groups is 1. The summed E-state index contributed by atoms with van der Waals surface area (Å²) in [4.78, 5) is 12.1. The molecular weight excluding hydrogens is 324 g/mol. The molecule has 1 atom stereocenters. The van der Waals surface area contributed by atoms with E-state index in [2.05, 4.69) is 15.5 Å². The molecule has 0 aliphatic rings. The molecule has 0 saturated heterocycles. The number of aromatic nitrogens is 3. The summed E-state index contributed by atoms with van der Waals surface area (Å²) in [5.41, 5.74) is 0.996. The summed E-state index contributed by atoms with van der Waals surface area (Å²) in [5, 5.41) is 12.0. The molecule has 2 heterocycles. The zero-order valence-electron chi connectivity index (χ0n) is 13.5. The average molecular weight is 342 g/mol. The van der Waals surface area contributed by atoms with Gasteiger partial charge in [0.05, 0.1) is 18.1 Å². The zero-order chi connectivity index (χ0) is 16.9. The molecule has 1 N–H and O–H groups in total. The van der Waals surface area contributed by atoms with Crippen molar-refractivity contribution < 1.29 is 9.21 Å². The van der Waals surface area contributed by atoms with E-state index in [1.807, 2.05) is 54.9 Å². The highest BCUT2D eigenvalue weighted by Crippen LogP contribution is 2.22. The van der Waals surface area contributed by atoms with Crippen molar-refractivity contribution in [3.63, 3.8) is 0 Å². The van der Waals surface area contributed by atoms with Gasteiger partial charge in [-0.2, -0.15) is 0 Å². The molecule has 7 heteroatoms. The Hall–Kier alpha value is -2.54. The second kappa shape index (κ2) is 7.35. The van der Waals surface area contributed by atoms with Gasteiger partial charge < -0.3 is 14.3 Å². The van der Waals surface area contributed by atoms with Crippen molar-refractivity contribution in [3.8, 4) is 11.4 Å². The molecular formula is C17H18N4O2S. The molecule has 0 radical (unpaired) electrons. The number of carbonyl (C=O) groups excluding carboxylic acids is 1. The van der Waals surface area contributed by atoms with Crippen molar-refractivity contribution in [1.29, 1.82) is 0 Å². The molecule has 3 aromatic rings. The third kappa shape index (κ3) is 3.68. The highest BCUT2D eigenvalue weighted by Gasteiger charge is 2.15. The lowest BCUT2D eigenvalue weighted by atomic mass is 10.2. The fraction of sp³-hybridized carbons (Fsp3) is 0.235. The number of rotatable bonds is 6. The molecule has 0 aliphatic heterocycles. The second-order valence-corrected chi connectivity index (χ2v) is 6.27. The lowest BCUT2D eigenvalue weighted by Gasteiger charge is -2.11. The quantitative estimate of drug-likeness (QED) is 0.697. The normalized spacial score (nSPS) is 12.1. The Morgan fingerprint density at radius 3 is 2.75 bits per heavy atom. The van der Waals surface area contributed by atoms with Crippen LogP contribution in [0.2, 0.25) is 0 Å². The second-order valence-electron chi connectivity index (χ2n) is 5.32. The Bertz CT molecular complexity index is 799. The van der Waals surface area contributed by atoms with Gasteiger partial charge in [-0.1, -0.05) is 42.1 Å². The van der Waals surface area contributed by atoms with Crippen LogP contribution >= 0.6 is 11.8 Å². The molecule has 0 aliphatic carbocycles. The lowest BCUT2D eigenvalue weighted by Crippen LogP contribution is -2.28. The number of nitrogens with one attached hydrogen (secondary N) is 1. The molecule has 0 spiro atoms. The van der Waals surface area contributed by atoms with Gasteiger partial charge in [-0.25, -0.2) is 0 Å². The molecule has 0 bridgehead atoms. The first-order valence-electron chi connectivity index (χ1n) is 7.55. The van der Waals surface area contributed by atoms with Crippen LogP contribution in [-0.2, 0) is 11.8 Å². The summed E-state index contributed by atoms with van der Waals surface area (Å²) in [6.07, 6.45) is 1.59. The van der Waals surface area contributed by atoms with Crippen molar-refractivity contribution >= 4 is 17.7 Å². The van der Waals surface area contributed by atoms with Crippen LogP contribution in [0.5, 0.6) is 0 Å². The van der Waals surface area contributed by atoms with Gasteiger partial charge in [-0.05, 0) is 19.1 Å². The first-order valence-corrected chi connectivity index (χ1v) is 8.54. The largest absolute Gasteiger partial charge is 0.467 e. The van der Waals surface area contributed by atoms with Gasteiger partial charge in [-0.15, -0.1) is 10.2 Å². The SMILES string of the molecule is C[C@H](NC(=O)CSc1nnc(-c2ccccc2)n1C)c1ccco1. The summed E-state index contributed by atoms with van der Waals surface area (Å²) in [6.45, 7) is 1.89. The maximum absolute atomic E-state index is 12.1. The molecule has 1 aromatic carbocycles. The Labute approximate surface area is 144 Å². The lowest BCUT2D eigenvalue weighted by molar-refractivity contribution is -0.119. The van der Waals surface area contributed by atoms with Gasteiger partial charge in [0.15, 0.2) is 11.0 Å². The van der Waals surface area contributed by atoms with E-state index in [4.69, 9.17) is 4.42 Å². The summed E-state index contributed by atoms with van der Waals surface area (Å²) in [5.74, 6) is 1.71. The van der Waals surface area contributed by atoms with E-state index in [0.717, 1.165) is 17.1 Å². The Morgan fingerprint density at radius 1 is 1.25 bits per heavy atom. The predicted molar refractivity (Wildman–Crippen MR) is 92.4 cm³/mol. The summed E-state index contributed by atoms with van der Waals surface area (Å²) < 4.78 is 7.17. The van der Waals surface area contributed by atoms with Gasteiger partial charge >= 0.3 is 0 Å². The Balaban J connectivity index is 1.59. The molecule has 6 nitrogen and oxygen atoms in total. The topological polar surface area (TPSA) is 73.0 Å². The van der Waals surface area contributed by atoms with E-state index in [0.29, 0.717) is 5.16 Å². The van der Waals surface area contributed by atoms with E-state index < -0.39 is 0 Å². The average Bonchev–Trinajstić information content (AvgIpc) is 3.24. The highest BCUT2D eigenvalue weighted by molar-refractivity contribution is 7.99. The maximum Gasteiger partial charge on any atom is 0.231 e. The number of hydrogen-bond acceptors (Lipinski definition) is 5. The van der Waals surface area contributed by atoms with Crippen LogP contribution in [0.15, 0.2) is 58.3 Å². The van der Waals surface area contributed by atoms with Gasteiger partial charge in [0.25, 0.3) is 0 Å². The van der Waals surface area contributed by atoms with Crippen LogP contribution in [-0.4, -0.2) is 26.4 Å². The summed E-state index contributed by atoms with van der Waals surface area (Å²) in [6, 6.07) is 13.3. The first-order chi connectivity index (χ1) is 11.6. The van der Waals surface area contributed by atoms with Crippen molar-refractivity contribution in [2.75, 3.05) is 5.75 Å². The van der Waals surface area contributed by atoms with Crippen molar-refractivity contribution in [1.82, 2.24) is 20.1 Å². The fourth-order valence-electron chi connectivity index (χ4n) is 2.30. The monoisotopic (exact) mass is 342 g/mol. The molecule has 2 aromatic heterocycles. The smallest absolute Gasteiger partial charge is 0.231 e. The van der Waals surface area contributed by atoms with Crippen LogP contribution < -0.4 is 5.32 Å². The zero-order valence-corrected chi connectivity index (χ0v) is 14.3. The minimum Gasteiger partial charge on any atom is -0.467 e. The van der Waals surface area contributed by atoms with Crippen molar-refractivity contribution in [2.45, 2.75) is 18.1 Å². The van der Waals surface area contributed by atoms with Crippen LogP contribution in [0.3, 0.4) is 0 Å². The van der Waals surface area contributed by atoms with E-state index in [-0.39, 0.29) is 17.7 Å². The molecule has 0 unspecified atom stereocenters. The van der Waals surface area contributed by atoms with E-state index in [9.17, 15) is 4.79 Å². The minimum atomic E-state index is -0.160. The van der Waals surface area contributed by atoms with Crippen LogP contribution in [0.4, 0.5) is 0 Å². The first kappa shape index (κ1) is 16.3. The van der Waals surface area contributed by atoms with E-state index in [1.165, 1.54) is 11.8 Å². The summed E-state index contributed by atoms with van der Waals surface area (Å²) in [7, 11) is 1.90. The van der Waals surface area contributed by atoms with E-state index in [1.54, 1.807) is 12.3 Å². The molecule has 1 amide bonds. The molecule has 0 saturated carbocycles. The van der Waals surface area contributed by atoms with Gasteiger partial charge in [-0.3, -0.25) is 4.79 Å². The number of hydrogen-bond donors (Lipinski definition) is 1. The number of nitrogens with zero attached hydrogens (tertiary/aromatic N) is 3. The number of benzene rings is 1. The Kier molecular flexibility index (Phi) is 5.00. The molecule has 124 valence electrons. The van der Waals surface area contributed by atoms with Crippen LogP contribution in [0.1, 0.15) is 18.7 Å². The number of furan rings is 1. The van der Waals surface area contributed by atoms with Gasteiger partial charge in [0.2, 0.25) is 5.91 Å². The Morgan fingerprint density at radius 2 is 2.04 bits per heavy atom. The van der Waals surface area contributed by atoms with Gasteiger partial charge in [0.1, 0.15) is 5.76 Å². The van der Waals surface area contributed by atoms with Crippen LogP contribution in [0, 0.1) is 0 Å². The standard InChI is InChI=1S/C17H18N4O2S/c1-12(14-9-6-10-23-14)18-15(22)11-24-17-20-19-16(21(17)2)13-7-4-3-5-8-13/h3-10,12H,11H2,1-2H3,(H,18,22)/t12-/m0/s1. The minimum absolute atomic E-state index is 0.0758. The van der Waals surface area contributed by atoms with Gasteiger partial charge in [0, 0.05) is 12.6 Å². The number of amides is 1. The fourth-order valence-corrected chi connectivity index (χ4v) is 3.02. The summed E-state index contributed by atoms with van der Waals surface area (Å²) >= 11 is 1.36. The molecule has 24 heavy (non-hydrogen) atoms. The van der Waals surface area contributed by atoms with Crippen molar-refractivity contribution in [2.24, 2.45) is 7.05 Å². The van der Waals surface area contributed by atoms with Crippen molar-refractivity contribution in [3.05, 3.63) is 54.5 Å². The predicted octanol–water partition coefficient (Wildman–Crippen LogP) is 3.04. The third-order valence-electron chi connectivity index (χ3n) is 3.55.